The number of allylic oxidation sites excluding steroid dienone is 2. The minimum atomic E-state index is -0.0382. The third-order valence-corrected chi connectivity index (χ3v) is 4.16. The first-order chi connectivity index (χ1) is 11.2. The van der Waals surface area contributed by atoms with Crippen molar-refractivity contribution in [3.8, 4) is 0 Å². The highest BCUT2D eigenvalue weighted by Crippen LogP contribution is 2.12. The van der Waals surface area contributed by atoms with Crippen LogP contribution in [0, 0.1) is 0 Å². The van der Waals surface area contributed by atoms with Crippen LogP contribution in [0.15, 0.2) is 12.2 Å². The molecule has 0 amide bonds. The van der Waals surface area contributed by atoms with Crippen LogP contribution in [-0.4, -0.2) is 12.1 Å². The molecule has 0 saturated heterocycles. The van der Waals surface area contributed by atoms with Crippen LogP contribution in [0.2, 0.25) is 0 Å². The van der Waals surface area contributed by atoms with E-state index in [-0.39, 0.29) is 12.1 Å². The normalized spacial score (nSPS) is 12.7. The van der Waals surface area contributed by atoms with Gasteiger partial charge in [0, 0.05) is 6.42 Å². The zero-order valence-electron chi connectivity index (χ0n) is 15.9. The van der Waals surface area contributed by atoms with E-state index < -0.39 is 0 Å². The van der Waals surface area contributed by atoms with E-state index in [1.165, 1.54) is 70.6 Å². The number of esters is 1. The van der Waals surface area contributed by atoms with Crippen LogP contribution >= 0.6 is 0 Å². The van der Waals surface area contributed by atoms with Crippen molar-refractivity contribution in [1.82, 2.24) is 0 Å². The standard InChI is InChI=1S/C21H40O2/c1-4-6-7-8-9-10-11-12-13-14-15-16-17-19-20(3)23-21(22)18-5-2/h8-9,20H,4-7,10-19H2,1-3H3/b9-8-. The van der Waals surface area contributed by atoms with Gasteiger partial charge in [0.15, 0.2) is 0 Å². The lowest BCUT2D eigenvalue weighted by molar-refractivity contribution is -0.148. The molecule has 0 aromatic rings. The zero-order valence-corrected chi connectivity index (χ0v) is 15.9. The molecule has 0 aliphatic rings. The molecule has 0 saturated carbocycles. The average molecular weight is 325 g/mol. The number of hydrogen-bond donors (Lipinski definition) is 0. The minimum absolute atomic E-state index is 0.0382. The summed E-state index contributed by atoms with van der Waals surface area (Å²) >= 11 is 0. The Kier molecular flexibility index (Phi) is 17.0. The third kappa shape index (κ3) is 17.4. The molecule has 2 nitrogen and oxygen atoms in total. The SMILES string of the molecule is CCCC/C=C\CCCCCCCCCC(C)OC(=O)CCC. The third-order valence-electron chi connectivity index (χ3n) is 4.16. The van der Waals surface area contributed by atoms with Gasteiger partial charge in [-0.25, -0.2) is 0 Å². The van der Waals surface area contributed by atoms with Gasteiger partial charge in [-0.15, -0.1) is 0 Å². The lowest BCUT2D eigenvalue weighted by Crippen LogP contribution is -2.14. The van der Waals surface area contributed by atoms with Crippen molar-refractivity contribution in [3.05, 3.63) is 12.2 Å². The van der Waals surface area contributed by atoms with Gasteiger partial charge in [-0.2, -0.15) is 0 Å². The van der Waals surface area contributed by atoms with Gasteiger partial charge in [-0.1, -0.05) is 70.9 Å². The molecule has 0 bridgehead atoms. The second-order valence-electron chi connectivity index (χ2n) is 6.72. The van der Waals surface area contributed by atoms with Crippen LogP contribution in [0.1, 0.15) is 111 Å². The second-order valence-corrected chi connectivity index (χ2v) is 6.72. The monoisotopic (exact) mass is 324 g/mol. The minimum Gasteiger partial charge on any atom is -0.463 e. The predicted octanol–water partition coefficient (Wildman–Crippen LogP) is 6.98. The van der Waals surface area contributed by atoms with Gasteiger partial charge >= 0.3 is 5.97 Å². The Morgan fingerprint density at radius 3 is 2.00 bits per heavy atom. The van der Waals surface area contributed by atoms with Crippen molar-refractivity contribution in [3.63, 3.8) is 0 Å². The number of rotatable bonds is 16. The van der Waals surface area contributed by atoms with Crippen LogP contribution in [0.5, 0.6) is 0 Å². The summed E-state index contributed by atoms with van der Waals surface area (Å²) in [6.45, 7) is 6.27. The average Bonchev–Trinajstić information content (AvgIpc) is 2.52. The van der Waals surface area contributed by atoms with Crippen LogP contribution < -0.4 is 0 Å². The summed E-state index contributed by atoms with van der Waals surface area (Å²) in [5.41, 5.74) is 0. The molecule has 0 spiro atoms. The lowest BCUT2D eigenvalue weighted by Gasteiger charge is -2.12. The Labute approximate surface area is 145 Å². The van der Waals surface area contributed by atoms with Crippen molar-refractivity contribution in [2.24, 2.45) is 0 Å². The molecule has 0 fully saturated rings. The highest BCUT2D eigenvalue weighted by Gasteiger charge is 2.07. The van der Waals surface area contributed by atoms with Gasteiger partial charge in [0.05, 0.1) is 6.10 Å². The summed E-state index contributed by atoms with van der Waals surface area (Å²) < 4.78 is 5.35. The van der Waals surface area contributed by atoms with Crippen molar-refractivity contribution >= 4 is 5.97 Å². The molecule has 2 heteroatoms. The van der Waals surface area contributed by atoms with Crippen LogP contribution in [0.4, 0.5) is 0 Å². The molecule has 0 aliphatic heterocycles. The van der Waals surface area contributed by atoms with E-state index in [1.807, 2.05) is 13.8 Å². The highest BCUT2D eigenvalue weighted by molar-refractivity contribution is 5.69. The Hall–Kier alpha value is -0.790. The number of unbranched alkanes of at least 4 members (excludes halogenated alkanes) is 9. The number of ether oxygens (including phenoxy) is 1. The first kappa shape index (κ1) is 22.2. The van der Waals surface area contributed by atoms with E-state index in [1.54, 1.807) is 0 Å². The van der Waals surface area contributed by atoms with Crippen molar-refractivity contribution in [2.75, 3.05) is 0 Å². The number of carbonyl (C=O) groups is 1. The fourth-order valence-corrected chi connectivity index (χ4v) is 2.68. The molecular formula is C21H40O2. The van der Waals surface area contributed by atoms with Gasteiger partial charge in [0.1, 0.15) is 0 Å². The lowest BCUT2D eigenvalue weighted by atomic mass is 10.1. The fraction of sp³-hybridized carbons (Fsp3) is 0.857. The maximum Gasteiger partial charge on any atom is 0.306 e. The fourth-order valence-electron chi connectivity index (χ4n) is 2.68. The van der Waals surface area contributed by atoms with E-state index in [9.17, 15) is 4.79 Å². The summed E-state index contributed by atoms with van der Waals surface area (Å²) in [4.78, 5) is 11.4. The van der Waals surface area contributed by atoms with E-state index >= 15 is 0 Å². The Morgan fingerprint density at radius 2 is 1.39 bits per heavy atom. The molecule has 0 heterocycles. The van der Waals surface area contributed by atoms with Crippen LogP contribution in [-0.2, 0) is 9.53 Å². The van der Waals surface area contributed by atoms with Crippen molar-refractivity contribution in [2.45, 2.75) is 117 Å². The second kappa shape index (κ2) is 17.6. The van der Waals surface area contributed by atoms with E-state index in [2.05, 4.69) is 19.1 Å². The summed E-state index contributed by atoms with van der Waals surface area (Å²) in [6.07, 6.45) is 21.6. The van der Waals surface area contributed by atoms with Gasteiger partial charge in [0.2, 0.25) is 0 Å². The molecular weight excluding hydrogens is 284 g/mol. The van der Waals surface area contributed by atoms with E-state index in [0.29, 0.717) is 6.42 Å². The molecule has 0 N–H and O–H groups in total. The molecule has 0 radical (unpaired) electrons. The Bertz CT molecular complexity index is 284. The van der Waals surface area contributed by atoms with E-state index in [0.717, 1.165) is 12.8 Å². The smallest absolute Gasteiger partial charge is 0.306 e. The van der Waals surface area contributed by atoms with Gasteiger partial charge < -0.3 is 4.74 Å². The topological polar surface area (TPSA) is 26.3 Å². The first-order valence-electron chi connectivity index (χ1n) is 10.0. The molecule has 23 heavy (non-hydrogen) atoms. The molecule has 0 rings (SSSR count). The van der Waals surface area contributed by atoms with Crippen LogP contribution in [0.25, 0.3) is 0 Å². The molecule has 0 aromatic heterocycles. The summed E-state index contributed by atoms with van der Waals surface area (Å²) in [5.74, 6) is -0.0382. The number of hydrogen-bond acceptors (Lipinski definition) is 2. The quantitative estimate of drug-likeness (QED) is 0.174. The van der Waals surface area contributed by atoms with Gasteiger partial charge in [-0.3, -0.25) is 4.79 Å². The molecule has 0 aromatic carbocycles. The summed E-state index contributed by atoms with van der Waals surface area (Å²) in [6, 6.07) is 0. The number of carbonyl (C=O) groups excluding carboxylic acids is 1. The molecule has 0 aliphatic carbocycles. The zero-order chi connectivity index (χ0) is 17.2. The van der Waals surface area contributed by atoms with Crippen molar-refractivity contribution < 1.29 is 9.53 Å². The Balaban J connectivity index is 3.24. The van der Waals surface area contributed by atoms with E-state index in [4.69, 9.17) is 4.74 Å². The van der Waals surface area contributed by atoms with Crippen molar-refractivity contribution in [1.29, 1.82) is 0 Å². The van der Waals surface area contributed by atoms with Crippen LogP contribution in [0.3, 0.4) is 0 Å². The molecule has 1 unspecified atom stereocenters. The maximum absolute atomic E-state index is 11.4. The highest BCUT2D eigenvalue weighted by atomic mass is 16.5. The summed E-state index contributed by atoms with van der Waals surface area (Å²) in [5, 5.41) is 0. The largest absolute Gasteiger partial charge is 0.463 e. The Morgan fingerprint density at radius 1 is 0.826 bits per heavy atom. The van der Waals surface area contributed by atoms with Gasteiger partial charge in [0.25, 0.3) is 0 Å². The predicted molar refractivity (Wildman–Crippen MR) is 101 cm³/mol. The molecule has 1 atom stereocenters. The first-order valence-corrected chi connectivity index (χ1v) is 10.0. The molecule has 136 valence electrons. The van der Waals surface area contributed by atoms with Gasteiger partial charge in [-0.05, 0) is 45.4 Å². The maximum atomic E-state index is 11.4. The summed E-state index contributed by atoms with van der Waals surface area (Å²) in [7, 11) is 0.